The first-order chi connectivity index (χ1) is 14.9. The molecule has 0 aliphatic rings. The number of carbonyl (C=O) groups is 1. The van der Waals surface area contributed by atoms with Crippen molar-refractivity contribution in [2.24, 2.45) is 0 Å². The van der Waals surface area contributed by atoms with E-state index in [-0.39, 0.29) is 11.1 Å². The van der Waals surface area contributed by atoms with Crippen molar-refractivity contribution >= 4 is 23.1 Å². The minimum Gasteiger partial charge on any atom is -0.394 e. The van der Waals surface area contributed by atoms with Crippen LogP contribution in [0.3, 0.4) is 0 Å². The SMILES string of the molecule is CN(C)c1[nH]c(=O)c(-c2ccccc2)cc1Nc1ccncc1C(=O)NC(CO)CO. The summed E-state index contributed by atoms with van der Waals surface area (Å²) in [6.07, 6.45) is 2.93. The molecule has 0 radical (unpaired) electrons. The molecule has 0 aliphatic carbocycles. The summed E-state index contributed by atoms with van der Waals surface area (Å²) in [5.74, 6) is 0.0410. The zero-order chi connectivity index (χ0) is 22.4. The number of nitrogens with zero attached hydrogens (tertiary/aromatic N) is 2. The molecule has 0 aliphatic heterocycles. The Hall–Kier alpha value is -3.69. The van der Waals surface area contributed by atoms with Gasteiger partial charge in [0.25, 0.3) is 11.5 Å². The van der Waals surface area contributed by atoms with E-state index < -0.39 is 25.2 Å². The summed E-state index contributed by atoms with van der Waals surface area (Å²) < 4.78 is 0. The number of aromatic amines is 1. The minimum atomic E-state index is -0.782. The molecule has 0 atom stereocenters. The average molecular weight is 423 g/mol. The molecule has 0 spiro atoms. The van der Waals surface area contributed by atoms with Crippen molar-refractivity contribution in [3.8, 4) is 11.1 Å². The summed E-state index contributed by atoms with van der Waals surface area (Å²) >= 11 is 0. The first kappa shape index (κ1) is 22.0. The standard InChI is InChI=1S/C22H25N5O4/c1-27(2)20-19(10-16(21(30)26-20)14-6-4-3-5-7-14)25-18-8-9-23-11-17(18)22(31)24-15(12-28)13-29/h3-11,15,28-29H,12-13H2,1-2H3,(H,23,25)(H,24,31)(H,26,30). The lowest BCUT2D eigenvalue weighted by Gasteiger charge is -2.20. The van der Waals surface area contributed by atoms with E-state index in [1.165, 1.54) is 12.4 Å². The molecule has 0 bridgehead atoms. The van der Waals surface area contributed by atoms with Crippen LogP contribution in [-0.2, 0) is 0 Å². The smallest absolute Gasteiger partial charge is 0.257 e. The second-order valence-corrected chi connectivity index (χ2v) is 7.12. The summed E-state index contributed by atoms with van der Waals surface area (Å²) in [5, 5.41) is 24.3. The molecule has 1 amide bonds. The Balaban J connectivity index is 2.03. The van der Waals surface area contributed by atoms with Gasteiger partial charge in [0.15, 0.2) is 0 Å². The van der Waals surface area contributed by atoms with Crippen molar-refractivity contribution in [3.63, 3.8) is 0 Å². The van der Waals surface area contributed by atoms with Crippen LogP contribution in [0.15, 0.2) is 59.7 Å². The molecule has 9 heteroatoms. The molecule has 162 valence electrons. The fraction of sp³-hybridized carbons (Fsp3) is 0.227. The van der Waals surface area contributed by atoms with E-state index in [1.807, 2.05) is 30.3 Å². The average Bonchev–Trinajstić information content (AvgIpc) is 2.79. The number of anilines is 3. The fourth-order valence-electron chi connectivity index (χ4n) is 3.04. The van der Waals surface area contributed by atoms with Crippen LogP contribution in [0.4, 0.5) is 17.2 Å². The molecule has 1 aromatic carbocycles. The number of hydrogen-bond acceptors (Lipinski definition) is 7. The number of nitrogens with one attached hydrogen (secondary N) is 3. The molecule has 5 N–H and O–H groups in total. The number of carbonyl (C=O) groups excluding carboxylic acids is 1. The molecular formula is C22H25N5O4. The van der Waals surface area contributed by atoms with Crippen LogP contribution in [0.25, 0.3) is 11.1 Å². The van der Waals surface area contributed by atoms with Gasteiger partial charge < -0.3 is 30.7 Å². The zero-order valence-electron chi connectivity index (χ0n) is 17.3. The summed E-state index contributed by atoms with van der Waals surface area (Å²) in [5.41, 5.74) is 2.28. The van der Waals surface area contributed by atoms with Crippen LogP contribution in [0.1, 0.15) is 10.4 Å². The maximum Gasteiger partial charge on any atom is 0.257 e. The van der Waals surface area contributed by atoms with E-state index in [0.717, 1.165) is 5.56 Å². The molecule has 0 saturated carbocycles. The highest BCUT2D eigenvalue weighted by molar-refractivity contribution is 6.00. The van der Waals surface area contributed by atoms with E-state index in [1.54, 1.807) is 31.1 Å². The van der Waals surface area contributed by atoms with Crippen molar-refractivity contribution in [1.29, 1.82) is 0 Å². The van der Waals surface area contributed by atoms with Gasteiger partial charge in [-0.1, -0.05) is 30.3 Å². The van der Waals surface area contributed by atoms with Gasteiger partial charge in [-0.15, -0.1) is 0 Å². The lowest BCUT2D eigenvalue weighted by atomic mass is 10.1. The third kappa shape index (κ3) is 5.08. The number of aliphatic hydroxyl groups is 2. The highest BCUT2D eigenvalue weighted by Crippen LogP contribution is 2.29. The number of benzene rings is 1. The summed E-state index contributed by atoms with van der Waals surface area (Å²) in [4.78, 5) is 34.0. The lowest BCUT2D eigenvalue weighted by molar-refractivity contribution is 0.0880. The lowest BCUT2D eigenvalue weighted by Crippen LogP contribution is -2.40. The van der Waals surface area contributed by atoms with Gasteiger partial charge in [-0.3, -0.25) is 14.6 Å². The van der Waals surface area contributed by atoms with Crippen molar-refractivity contribution in [2.75, 3.05) is 37.5 Å². The van der Waals surface area contributed by atoms with Gasteiger partial charge in [-0.2, -0.15) is 0 Å². The molecule has 2 aromatic heterocycles. The minimum absolute atomic E-state index is 0.228. The number of aromatic nitrogens is 2. The third-order valence-corrected chi connectivity index (χ3v) is 4.66. The Bertz CT molecular complexity index is 1090. The Morgan fingerprint density at radius 2 is 1.84 bits per heavy atom. The molecule has 9 nitrogen and oxygen atoms in total. The molecule has 0 saturated heterocycles. The quantitative estimate of drug-likeness (QED) is 0.369. The number of amides is 1. The molecule has 31 heavy (non-hydrogen) atoms. The van der Waals surface area contributed by atoms with Crippen LogP contribution in [0.5, 0.6) is 0 Å². The first-order valence-electron chi connectivity index (χ1n) is 9.68. The molecule has 3 rings (SSSR count). The largest absolute Gasteiger partial charge is 0.394 e. The molecule has 2 heterocycles. The number of H-pyrrole nitrogens is 1. The van der Waals surface area contributed by atoms with Gasteiger partial charge >= 0.3 is 0 Å². The number of rotatable bonds is 8. The predicted molar refractivity (Wildman–Crippen MR) is 120 cm³/mol. The van der Waals surface area contributed by atoms with E-state index in [2.05, 4.69) is 20.6 Å². The van der Waals surface area contributed by atoms with Crippen LogP contribution < -0.4 is 21.1 Å². The van der Waals surface area contributed by atoms with Gasteiger partial charge in [0.2, 0.25) is 0 Å². The third-order valence-electron chi connectivity index (χ3n) is 4.66. The van der Waals surface area contributed by atoms with Gasteiger partial charge in [0, 0.05) is 32.1 Å². The van der Waals surface area contributed by atoms with E-state index >= 15 is 0 Å². The van der Waals surface area contributed by atoms with Crippen LogP contribution in [0, 0.1) is 0 Å². The van der Waals surface area contributed by atoms with Gasteiger partial charge in [0.1, 0.15) is 5.82 Å². The predicted octanol–water partition coefficient (Wildman–Crippen LogP) is 1.33. The van der Waals surface area contributed by atoms with Crippen molar-refractivity contribution in [1.82, 2.24) is 15.3 Å². The van der Waals surface area contributed by atoms with Gasteiger partial charge in [0.05, 0.1) is 36.2 Å². The van der Waals surface area contributed by atoms with Crippen LogP contribution in [-0.4, -0.2) is 59.4 Å². The Kier molecular flexibility index (Phi) is 7.01. The van der Waals surface area contributed by atoms with Crippen molar-refractivity contribution < 1.29 is 15.0 Å². The van der Waals surface area contributed by atoms with Crippen LogP contribution >= 0.6 is 0 Å². The second kappa shape index (κ2) is 9.88. The topological polar surface area (TPSA) is 131 Å². The Morgan fingerprint density at radius 3 is 2.48 bits per heavy atom. The molecule has 3 aromatic rings. The Labute approximate surface area is 179 Å². The highest BCUT2D eigenvalue weighted by Gasteiger charge is 2.18. The van der Waals surface area contributed by atoms with Gasteiger partial charge in [-0.05, 0) is 17.7 Å². The summed E-state index contributed by atoms with van der Waals surface area (Å²) in [7, 11) is 3.60. The monoisotopic (exact) mass is 423 g/mol. The number of hydrogen-bond donors (Lipinski definition) is 5. The Morgan fingerprint density at radius 1 is 1.13 bits per heavy atom. The normalized spacial score (nSPS) is 10.7. The molecule has 0 unspecified atom stereocenters. The highest BCUT2D eigenvalue weighted by atomic mass is 16.3. The second-order valence-electron chi connectivity index (χ2n) is 7.12. The summed E-state index contributed by atoms with van der Waals surface area (Å²) in [6.45, 7) is -0.785. The van der Waals surface area contributed by atoms with E-state index in [0.29, 0.717) is 22.8 Å². The molecule has 0 fully saturated rings. The van der Waals surface area contributed by atoms with Crippen molar-refractivity contribution in [2.45, 2.75) is 6.04 Å². The number of pyridine rings is 2. The maximum atomic E-state index is 12.7. The van der Waals surface area contributed by atoms with Crippen LogP contribution in [0.2, 0.25) is 0 Å². The maximum absolute atomic E-state index is 12.7. The van der Waals surface area contributed by atoms with E-state index in [9.17, 15) is 19.8 Å². The number of aliphatic hydroxyl groups excluding tert-OH is 2. The fourth-order valence-corrected chi connectivity index (χ4v) is 3.04. The first-order valence-corrected chi connectivity index (χ1v) is 9.68. The van der Waals surface area contributed by atoms with E-state index in [4.69, 9.17) is 0 Å². The zero-order valence-corrected chi connectivity index (χ0v) is 17.3. The molecular weight excluding hydrogens is 398 g/mol. The van der Waals surface area contributed by atoms with Gasteiger partial charge in [-0.25, -0.2) is 0 Å². The summed E-state index contributed by atoms with van der Waals surface area (Å²) in [6, 6.07) is 11.9. The van der Waals surface area contributed by atoms with Crippen molar-refractivity contribution in [3.05, 3.63) is 70.8 Å².